The molecule has 2 aliphatic heterocycles. The van der Waals surface area contributed by atoms with Crippen molar-refractivity contribution < 1.29 is 13.5 Å². The van der Waals surface area contributed by atoms with Crippen LogP contribution in [0, 0.1) is 11.6 Å². The number of benzene rings is 2. The highest BCUT2D eigenvalue weighted by molar-refractivity contribution is 7.22. The highest BCUT2D eigenvalue weighted by Gasteiger charge is 2.27. The number of thiazole rings is 1. The lowest BCUT2D eigenvalue weighted by Crippen LogP contribution is -2.45. The van der Waals surface area contributed by atoms with E-state index in [-0.39, 0.29) is 43.5 Å². The van der Waals surface area contributed by atoms with Crippen LogP contribution in [0.3, 0.4) is 0 Å². The van der Waals surface area contributed by atoms with E-state index in [9.17, 15) is 4.39 Å². The minimum absolute atomic E-state index is 0.0720. The van der Waals surface area contributed by atoms with Gasteiger partial charge in [0.05, 0.1) is 15.2 Å². The molecule has 1 atom stereocenters. The first-order valence-electron chi connectivity index (χ1n) is 13.4. The first-order valence-corrected chi connectivity index (χ1v) is 14.6. The fourth-order valence-electron chi connectivity index (χ4n) is 5.60. The molecule has 2 aliphatic rings. The molecule has 2 aromatic heterocycles. The number of ether oxygens (including phenoxy) is 1. The van der Waals surface area contributed by atoms with E-state index in [1.54, 1.807) is 12.1 Å². The molecule has 0 unspecified atom stereocenters. The number of likely N-dealkylation sites (tertiary alicyclic amines) is 1. The number of nitrogens with two attached hydrogens (primary N) is 1. The molecular formula is C29H30ClF2N7OS. The van der Waals surface area contributed by atoms with Crippen LogP contribution in [0.15, 0.2) is 43.1 Å². The van der Waals surface area contributed by atoms with Gasteiger partial charge in [-0.05, 0) is 50.7 Å². The van der Waals surface area contributed by atoms with Crippen LogP contribution < -0.4 is 15.4 Å². The van der Waals surface area contributed by atoms with E-state index in [2.05, 4.69) is 44.9 Å². The number of piperazine rings is 1. The third-order valence-corrected chi connectivity index (χ3v) is 9.11. The van der Waals surface area contributed by atoms with Gasteiger partial charge in [0.1, 0.15) is 23.8 Å². The van der Waals surface area contributed by atoms with Gasteiger partial charge < -0.3 is 25.2 Å². The first-order chi connectivity index (χ1) is 19.7. The van der Waals surface area contributed by atoms with Crippen molar-refractivity contribution in [3.63, 3.8) is 0 Å². The van der Waals surface area contributed by atoms with Gasteiger partial charge in [-0.15, -0.1) is 0 Å². The van der Waals surface area contributed by atoms with Crippen molar-refractivity contribution in [1.82, 2.24) is 24.8 Å². The molecule has 2 aromatic carbocycles. The Kier molecular flexibility index (Phi) is 7.43. The number of anilines is 2. The van der Waals surface area contributed by atoms with E-state index in [0.29, 0.717) is 49.6 Å². The highest BCUT2D eigenvalue weighted by Crippen LogP contribution is 2.42. The lowest BCUT2D eigenvalue weighted by Gasteiger charge is -2.37. The molecule has 0 aliphatic carbocycles. The van der Waals surface area contributed by atoms with Gasteiger partial charge in [0.2, 0.25) is 0 Å². The van der Waals surface area contributed by atoms with Crippen LogP contribution in [0.5, 0.6) is 6.01 Å². The number of aromatic nitrogens is 3. The summed E-state index contributed by atoms with van der Waals surface area (Å²) in [6, 6.07) is 4.73. The quantitative estimate of drug-likeness (QED) is 0.271. The molecule has 12 heteroatoms. The number of likely N-dealkylation sites (N-methyl/N-ethyl adjacent to an activating group) is 1. The Morgan fingerprint density at radius 2 is 1.95 bits per heavy atom. The second kappa shape index (κ2) is 11.0. The van der Waals surface area contributed by atoms with E-state index in [4.69, 9.17) is 27.1 Å². The van der Waals surface area contributed by atoms with Crippen molar-refractivity contribution >= 4 is 55.0 Å². The number of rotatable bonds is 7. The second-order valence-corrected chi connectivity index (χ2v) is 11.8. The molecule has 8 nitrogen and oxygen atoms in total. The normalized spacial score (nSPS) is 18.0. The van der Waals surface area contributed by atoms with Crippen molar-refractivity contribution in [3.8, 4) is 17.1 Å². The van der Waals surface area contributed by atoms with Crippen LogP contribution in [0.25, 0.3) is 32.2 Å². The SMILES string of the molecule is C=CC(=C)N1CCN(c2nc(OC[C@@H]3CCCN3C)nc3c(F)c(-c4ccc(F)c5sc(N)nc45)c(Cl)cc23)CC1. The molecule has 41 heavy (non-hydrogen) atoms. The monoisotopic (exact) mass is 597 g/mol. The van der Waals surface area contributed by atoms with Crippen molar-refractivity contribution in [3.05, 3.63) is 59.8 Å². The molecule has 0 radical (unpaired) electrons. The molecule has 2 fully saturated rings. The summed E-state index contributed by atoms with van der Waals surface area (Å²) in [5, 5.41) is 0.784. The standard InChI is InChI=1S/C29H30ClF2N7OS/c1-4-16(2)38-10-12-39(13-11-38)27-19-14-20(30)22(18-7-8-21(31)26-25(18)34-28(33)41-26)23(32)24(19)35-29(36-27)40-15-17-6-5-9-37(17)3/h4,7-8,14,17H,1-2,5-6,9-13,15H2,3H3,(H2,33,34)/t17-/m0/s1. The first kappa shape index (κ1) is 27.6. The van der Waals surface area contributed by atoms with Crippen LogP contribution in [0.1, 0.15) is 12.8 Å². The van der Waals surface area contributed by atoms with E-state index in [1.165, 1.54) is 12.1 Å². The van der Waals surface area contributed by atoms with Gasteiger partial charge in [-0.3, -0.25) is 0 Å². The molecule has 2 saturated heterocycles. The average molecular weight is 598 g/mol. The van der Waals surface area contributed by atoms with Gasteiger partial charge in [0.15, 0.2) is 10.9 Å². The molecule has 4 heterocycles. The van der Waals surface area contributed by atoms with E-state index < -0.39 is 11.6 Å². The lowest BCUT2D eigenvalue weighted by atomic mass is 10.0. The minimum Gasteiger partial charge on any atom is -0.462 e. The smallest absolute Gasteiger partial charge is 0.319 e. The Bertz CT molecular complexity index is 1670. The fraction of sp³-hybridized carbons (Fsp3) is 0.345. The Balaban J connectivity index is 1.47. The van der Waals surface area contributed by atoms with Crippen LogP contribution in [-0.2, 0) is 0 Å². The Morgan fingerprint density at radius 1 is 1.17 bits per heavy atom. The Morgan fingerprint density at radius 3 is 2.66 bits per heavy atom. The van der Waals surface area contributed by atoms with Crippen LogP contribution in [0.4, 0.5) is 19.7 Å². The Hall–Kier alpha value is -3.54. The number of halogens is 3. The van der Waals surface area contributed by atoms with Gasteiger partial charge in [0, 0.05) is 54.4 Å². The summed E-state index contributed by atoms with van der Waals surface area (Å²) >= 11 is 7.76. The molecule has 0 saturated carbocycles. The van der Waals surface area contributed by atoms with Gasteiger partial charge in [0.25, 0.3) is 0 Å². The Labute approximate surface area is 245 Å². The molecule has 6 rings (SSSR count). The van der Waals surface area contributed by atoms with Crippen molar-refractivity contribution in [2.75, 3.05) is 57.0 Å². The van der Waals surface area contributed by atoms with Crippen LogP contribution >= 0.6 is 22.9 Å². The average Bonchev–Trinajstić information content (AvgIpc) is 3.57. The number of nitrogens with zero attached hydrogens (tertiary/aromatic N) is 6. The summed E-state index contributed by atoms with van der Waals surface area (Å²) in [5.74, 6) is -0.592. The maximum absolute atomic E-state index is 16.6. The summed E-state index contributed by atoms with van der Waals surface area (Å²) in [4.78, 5) is 20.0. The van der Waals surface area contributed by atoms with Gasteiger partial charge in [-0.1, -0.05) is 36.1 Å². The summed E-state index contributed by atoms with van der Waals surface area (Å²) in [6.07, 6.45) is 3.84. The third-order valence-electron chi connectivity index (χ3n) is 7.92. The zero-order valence-corrected chi connectivity index (χ0v) is 24.2. The molecule has 214 valence electrons. The zero-order valence-electron chi connectivity index (χ0n) is 22.7. The molecule has 0 bridgehead atoms. The fourth-order valence-corrected chi connectivity index (χ4v) is 6.66. The van der Waals surface area contributed by atoms with Gasteiger partial charge >= 0.3 is 6.01 Å². The molecular weight excluding hydrogens is 568 g/mol. The maximum atomic E-state index is 16.6. The molecule has 2 N–H and O–H groups in total. The van der Waals surface area contributed by atoms with Crippen molar-refractivity contribution in [2.45, 2.75) is 18.9 Å². The zero-order chi connectivity index (χ0) is 28.8. The predicted molar refractivity (Wildman–Crippen MR) is 162 cm³/mol. The van der Waals surface area contributed by atoms with Crippen molar-refractivity contribution in [1.29, 1.82) is 0 Å². The molecule has 0 spiro atoms. The topological polar surface area (TPSA) is 83.6 Å². The summed E-state index contributed by atoms with van der Waals surface area (Å²) < 4.78 is 37.4. The number of nitrogen functional groups attached to an aromatic ring is 1. The number of allylic oxidation sites excluding steroid dienone is 1. The van der Waals surface area contributed by atoms with Gasteiger partial charge in [-0.25, -0.2) is 13.8 Å². The second-order valence-electron chi connectivity index (χ2n) is 10.4. The van der Waals surface area contributed by atoms with Gasteiger partial charge in [-0.2, -0.15) is 9.97 Å². The number of hydrogen-bond donors (Lipinski definition) is 1. The number of fused-ring (bicyclic) bond motifs is 2. The van der Waals surface area contributed by atoms with Crippen LogP contribution in [-0.4, -0.2) is 77.2 Å². The predicted octanol–water partition coefficient (Wildman–Crippen LogP) is 5.72. The summed E-state index contributed by atoms with van der Waals surface area (Å²) in [7, 11) is 2.06. The molecule has 4 aromatic rings. The largest absolute Gasteiger partial charge is 0.462 e. The summed E-state index contributed by atoms with van der Waals surface area (Å²) in [6.45, 7) is 11.9. The lowest BCUT2D eigenvalue weighted by molar-refractivity contribution is 0.188. The third kappa shape index (κ3) is 5.06. The van der Waals surface area contributed by atoms with Crippen LogP contribution in [0.2, 0.25) is 5.02 Å². The van der Waals surface area contributed by atoms with E-state index in [1.807, 2.05) is 0 Å². The number of hydrogen-bond acceptors (Lipinski definition) is 9. The summed E-state index contributed by atoms with van der Waals surface area (Å²) in [5.41, 5.74) is 7.47. The van der Waals surface area contributed by atoms with E-state index >= 15 is 4.39 Å². The minimum atomic E-state index is -0.655. The molecule has 0 amide bonds. The van der Waals surface area contributed by atoms with Crippen molar-refractivity contribution in [2.24, 2.45) is 0 Å². The van der Waals surface area contributed by atoms with E-state index in [0.717, 1.165) is 36.4 Å². The highest BCUT2D eigenvalue weighted by atomic mass is 35.5. The maximum Gasteiger partial charge on any atom is 0.319 e.